The lowest BCUT2D eigenvalue weighted by atomic mass is 10.2. The fourth-order valence-electron chi connectivity index (χ4n) is 2.66. The van der Waals surface area contributed by atoms with Gasteiger partial charge in [0.15, 0.2) is 6.10 Å². The number of carbonyl (C=O) groups excluding carboxylic acids is 1. The van der Waals surface area contributed by atoms with Gasteiger partial charge in [-0.05, 0) is 62.7 Å². The number of hydrogen-bond donors (Lipinski definition) is 1. The molecule has 26 heavy (non-hydrogen) atoms. The van der Waals surface area contributed by atoms with E-state index in [9.17, 15) is 4.79 Å². The van der Waals surface area contributed by atoms with E-state index in [0.29, 0.717) is 12.3 Å². The summed E-state index contributed by atoms with van der Waals surface area (Å²) >= 11 is 0. The summed E-state index contributed by atoms with van der Waals surface area (Å²) in [6, 6.07) is 15.4. The molecule has 0 heterocycles. The van der Waals surface area contributed by atoms with E-state index in [2.05, 4.69) is 36.2 Å². The molecule has 0 saturated carbocycles. The van der Waals surface area contributed by atoms with Crippen molar-refractivity contribution in [3.63, 3.8) is 0 Å². The molecular formula is C21H28N2O3. The summed E-state index contributed by atoms with van der Waals surface area (Å²) in [4.78, 5) is 14.5. The summed E-state index contributed by atoms with van der Waals surface area (Å²) in [5.41, 5.74) is 2.26. The van der Waals surface area contributed by atoms with Gasteiger partial charge in [0.1, 0.15) is 11.5 Å². The maximum atomic E-state index is 12.2. The van der Waals surface area contributed by atoms with E-state index in [4.69, 9.17) is 9.47 Å². The summed E-state index contributed by atoms with van der Waals surface area (Å²) in [5.74, 6) is 1.24. The molecule has 2 aromatic carbocycles. The monoisotopic (exact) mass is 356 g/mol. The van der Waals surface area contributed by atoms with Crippen molar-refractivity contribution in [2.75, 3.05) is 25.1 Å². The molecule has 2 rings (SSSR count). The normalized spacial score (nSPS) is 11.5. The number of hydrogen-bond acceptors (Lipinski definition) is 4. The van der Waals surface area contributed by atoms with Gasteiger partial charge >= 0.3 is 0 Å². The Hall–Kier alpha value is -2.69. The quantitative estimate of drug-likeness (QED) is 0.745. The third-order valence-electron chi connectivity index (χ3n) is 4.27. The minimum absolute atomic E-state index is 0.145. The number of anilines is 1. The smallest absolute Gasteiger partial charge is 0.261 e. The van der Waals surface area contributed by atoms with Crippen LogP contribution in [0.2, 0.25) is 0 Å². The average molecular weight is 356 g/mol. The van der Waals surface area contributed by atoms with E-state index in [1.54, 1.807) is 38.3 Å². The van der Waals surface area contributed by atoms with Gasteiger partial charge in [-0.25, -0.2) is 0 Å². The zero-order valence-corrected chi connectivity index (χ0v) is 16.0. The fraction of sp³-hybridized carbons (Fsp3) is 0.381. The van der Waals surface area contributed by atoms with Crippen LogP contribution in [0, 0.1) is 0 Å². The van der Waals surface area contributed by atoms with Gasteiger partial charge in [-0.15, -0.1) is 0 Å². The minimum Gasteiger partial charge on any atom is -0.497 e. The van der Waals surface area contributed by atoms with E-state index in [0.717, 1.165) is 24.4 Å². The lowest BCUT2D eigenvalue weighted by Gasteiger charge is -2.21. The van der Waals surface area contributed by atoms with E-state index < -0.39 is 6.10 Å². The molecule has 1 amide bonds. The first kappa shape index (κ1) is 19.6. The topological polar surface area (TPSA) is 50.8 Å². The van der Waals surface area contributed by atoms with Crippen molar-refractivity contribution in [2.24, 2.45) is 0 Å². The molecule has 0 aromatic heterocycles. The second kappa shape index (κ2) is 9.70. The van der Waals surface area contributed by atoms with Gasteiger partial charge in [0.05, 0.1) is 7.11 Å². The predicted octanol–water partition coefficient (Wildman–Crippen LogP) is 3.63. The summed E-state index contributed by atoms with van der Waals surface area (Å²) < 4.78 is 10.8. The lowest BCUT2D eigenvalue weighted by molar-refractivity contribution is -0.127. The summed E-state index contributed by atoms with van der Waals surface area (Å²) in [6.45, 7) is 8.46. The largest absolute Gasteiger partial charge is 0.497 e. The Kier molecular flexibility index (Phi) is 7.33. The standard InChI is InChI=1S/C21H28N2O3/c1-5-23(6-2)18-9-7-17(8-10-18)15-22-21(24)16(3)26-20-13-11-19(25-4)12-14-20/h7-14,16H,5-6,15H2,1-4H3,(H,22,24)/t16-/m0/s1. The van der Waals surface area contributed by atoms with E-state index in [1.807, 2.05) is 12.1 Å². The van der Waals surface area contributed by atoms with Gasteiger partial charge in [0.25, 0.3) is 5.91 Å². The minimum atomic E-state index is -0.571. The highest BCUT2D eigenvalue weighted by Crippen LogP contribution is 2.18. The third-order valence-corrected chi connectivity index (χ3v) is 4.27. The van der Waals surface area contributed by atoms with Crippen LogP contribution in [0.4, 0.5) is 5.69 Å². The van der Waals surface area contributed by atoms with Crippen LogP contribution in [-0.2, 0) is 11.3 Å². The Bertz CT molecular complexity index is 679. The Morgan fingerprint density at radius 1 is 1.00 bits per heavy atom. The van der Waals surface area contributed by atoms with Crippen LogP contribution in [0.25, 0.3) is 0 Å². The third kappa shape index (κ3) is 5.41. The molecule has 0 bridgehead atoms. The van der Waals surface area contributed by atoms with Crippen LogP contribution < -0.4 is 19.7 Å². The first-order valence-electron chi connectivity index (χ1n) is 8.99. The maximum absolute atomic E-state index is 12.2. The van der Waals surface area contributed by atoms with Crippen LogP contribution in [0.5, 0.6) is 11.5 Å². The number of ether oxygens (including phenoxy) is 2. The maximum Gasteiger partial charge on any atom is 0.261 e. The summed E-state index contributed by atoms with van der Waals surface area (Å²) in [5, 5.41) is 2.92. The van der Waals surface area contributed by atoms with Gasteiger partial charge in [-0.2, -0.15) is 0 Å². The van der Waals surface area contributed by atoms with Crippen LogP contribution >= 0.6 is 0 Å². The zero-order valence-electron chi connectivity index (χ0n) is 16.0. The molecule has 5 heteroatoms. The van der Waals surface area contributed by atoms with Crippen molar-refractivity contribution >= 4 is 11.6 Å². The van der Waals surface area contributed by atoms with Crippen LogP contribution in [0.1, 0.15) is 26.3 Å². The van der Waals surface area contributed by atoms with E-state index >= 15 is 0 Å². The van der Waals surface area contributed by atoms with Gasteiger partial charge < -0.3 is 19.7 Å². The Labute approximate surface area is 155 Å². The Morgan fingerprint density at radius 2 is 1.58 bits per heavy atom. The molecule has 140 valence electrons. The number of benzene rings is 2. The first-order chi connectivity index (χ1) is 12.6. The predicted molar refractivity (Wildman–Crippen MR) is 105 cm³/mol. The Balaban J connectivity index is 1.84. The second-order valence-electron chi connectivity index (χ2n) is 5.99. The van der Waals surface area contributed by atoms with Gasteiger partial charge in [-0.1, -0.05) is 12.1 Å². The van der Waals surface area contributed by atoms with Crippen molar-refractivity contribution < 1.29 is 14.3 Å². The molecule has 0 fully saturated rings. The molecule has 0 aliphatic heterocycles. The van der Waals surface area contributed by atoms with Crippen molar-refractivity contribution in [1.82, 2.24) is 5.32 Å². The number of amides is 1. The van der Waals surface area contributed by atoms with Crippen LogP contribution in [0.15, 0.2) is 48.5 Å². The van der Waals surface area contributed by atoms with Crippen molar-refractivity contribution in [1.29, 1.82) is 0 Å². The second-order valence-corrected chi connectivity index (χ2v) is 5.99. The molecule has 0 unspecified atom stereocenters. The highest BCUT2D eigenvalue weighted by atomic mass is 16.5. The van der Waals surface area contributed by atoms with Gasteiger partial charge in [-0.3, -0.25) is 4.79 Å². The molecular weight excluding hydrogens is 328 g/mol. The van der Waals surface area contributed by atoms with Gasteiger partial charge in [0.2, 0.25) is 0 Å². The molecule has 0 aliphatic carbocycles. The molecule has 1 N–H and O–H groups in total. The average Bonchev–Trinajstić information content (AvgIpc) is 2.68. The summed E-state index contributed by atoms with van der Waals surface area (Å²) in [7, 11) is 1.61. The van der Waals surface area contributed by atoms with Crippen molar-refractivity contribution in [3.05, 3.63) is 54.1 Å². The molecule has 5 nitrogen and oxygen atoms in total. The van der Waals surface area contributed by atoms with Gasteiger partial charge in [0, 0.05) is 25.3 Å². The van der Waals surface area contributed by atoms with E-state index in [-0.39, 0.29) is 5.91 Å². The number of nitrogens with one attached hydrogen (secondary N) is 1. The SMILES string of the molecule is CCN(CC)c1ccc(CNC(=O)[C@H](C)Oc2ccc(OC)cc2)cc1. The van der Waals surface area contributed by atoms with Crippen LogP contribution in [0.3, 0.4) is 0 Å². The van der Waals surface area contributed by atoms with Crippen molar-refractivity contribution in [3.8, 4) is 11.5 Å². The fourth-order valence-corrected chi connectivity index (χ4v) is 2.66. The Morgan fingerprint density at radius 3 is 2.12 bits per heavy atom. The van der Waals surface area contributed by atoms with Crippen molar-refractivity contribution in [2.45, 2.75) is 33.4 Å². The molecule has 0 aliphatic rings. The number of rotatable bonds is 9. The first-order valence-corrected chi connectivity index (χ1v) is 8.99. The molecule has 0 radical (unpaired) electrons. The number of nitrogens with zero attached hydrogens (tertiary/aromatic N) is 1. The molecule has 1 atom stereocenters. The van der Waals surface area contributed by atoms with Crippen LogP contribution in [-0.4, -0.2) is 32.2 Å². The molecule has 0 spiro atoms. The lowest BCUT2D eigenvalue weighted by Crippen LogP contribution is -2.35. The number of carbonyl (C=O) groups is 1. The number of methoxy groups -OCH3 is 1. The zero-order chi connectivity index (χ0) is 18.9. The highest BCUT2D eigenvalue weighted by Gasteiger charge is 2.14. The molecule has 0 saturated heterocycles. The van der Waals surface area contributed by atoms with E-state index in [1.165, 1.54) is 5.69 Å². The highest BCUT2D eigenvalue weighted by molar-refractivity contribution is 5.80. The molecule has 2 aromatic rings. The summed E-state index contributed by atoms with van der Waals surface area (Å²) in [6.07, 6.45) is -0.571.